The molecule has 1 aromatic heterocycles. The SMILES string of the molecule is COC1CCN(C(=O)c2cc3cc(C(=O)N4CCN(C5CCCC5)CC4)ccc3[nH]2)CC1. The van der Waals surface area contributed by atoms with Crippen LogP contribution in [0.1, 0.15) is 59.4 Å². The first kappa shape index (κ1) is 21.5. The summed E-state index contributed by atoms with van der Waals surface area (Å²) in [7, 11) is 1.73. The number of piperidine rings is 1. The average Bonchev–Trinajstić information content (AvgIpc) is 3.53. The minimum Gasteiger partial charge on any atom is -0.381 e. The number of nitrogens with one attached hydrogen (secondary N) is 1. The molecule has 1 aromatic carbocycles. The zero-order valence-corrected chi connectivity index (χ0v) is 19.0. The Labute approximate surface area is 189 Å². The zero-order valence-electron chi connectivity index (χ0n) is 19.0. The van der Waals surface area contributed by atoms with Crippen LogP contribution in [0.25, 0.3) is 10.9 Å². The molecule has 0 atom stereocenters. The van der Waals surface area contributed by atoms with Crippen molar-refractivity contribution in [3.63, 3.8) is 0 Å². The van der Waals surface area contributed by atoms with Gasteiger partial charge in [-0.25, -0.2) is 0 Å². The molecule has 7 heteroatoms. The highest BCUT2D eigenvalue weighted by molar-refractivity contribution is 6.01. The molecule has 1 N–H and O–H groups in total. The Morgan fingerprint density at radius 1 is 0.875 bits per heavy atom. The molecule has 1 aliphatic carbocycles. The summed E-state index contributed by atoms with van der Waals surface area (Å²) in [6, 6.07) is 8.33. The maximum atomic E-state index is 13.1. The van der Waals surface area contributed by atoms with Crippen LogP contribution in [0.2, 0.25) is 0 Å². The van der Waals surface area contributed by atoms with E-state index in [1.54, 1.807) is 7.11 Å². The molecule has 2 aromatic rings. The quantitative estimate of drug-likeness (QED) is 0.796. The lowest BCUT2D eigenvalue weighted by atomic mass is 10.1. The Morgan fingerprint density at radius 2 is 1.56 bits per heavy atom. The van der Waals surface area contributed by atoms with Crippen LogP contribution in [0.15, 0.2) is 24.3 Å². The van der Waals surface area contributed by atoms with Gasteiger partial charge in [0, 0.05) is 68.9 Å². The van der Waals surface area contributed by atoms with Gasteiger partial charge < -0.3 is 19.5 Å². The number of hydrogen-bond acceptors (Lipinski definition) is 4. The number of piperazine rings is 1. The molecule has 32 heavy (non-hydrogen) atoms. The molecule has 2 saturated heterocycles. The number of aromatic amines is 1. The fraction of sp³-hybridized carbons (Fsp3) is 0.600. The molecule has 3 fully saturated rings. The number of amides is 2. The highest BCUT2D eigenvalue weighted by atomic mass is 16.5. The van der Waals surface area contributed by atoms with Crippen LogP contribution in [-0.2, 0) is 4.74 Å². The third-order valence-electron chi connectivity index (χ3n) is 7.60. The minimum atomic E-state index is 0.0201. The maximum absolute atomic E-state index is 13.1. The van der Waals surface area contributed by atoms with Crippen molar-refractivity contribution in [3.8, 4) is 0 Å². The Bertz CT molecular complexity index is 965. The fourth-order valence-electron chi connectivity index (χ4n) is 5.59. The summed E-state index contributed by atoms with van der Waals surface area (Å²) in [6.07, 6.45) is 7.29. The molecule has 0 unspecified atom stereocenters. The van der Waals surface area contributed by atoms with Gasteiger partial charge >= 0.3 is 0 Å². The van der Waals surface area contributed by atoms with E-state index in [0.29, 0.717) is 24.3 Å². The van der Waals surface area contributed by atoms with Crippen molar-refractivity contribution in [2.45, 2.75) is 50.7 Å². The minimum absolute atomic E-state index is 0.0201. The van der Waals surface area contributed by atoms with E-state index in [-0.39, 0.29) is 17.9 Å². The van der Waals surface area contributed by atoms with Crippen molar-refractivity contribution < 1.29 is 14.3 Å². The lowest BCUT2D eigenvalue weighted by molar-refractivity contribution is 0.0348. The van der Waals surface area contributed by atoms with E-state index in [1.807, 2.05) is 34.1 Å². The second-order valence-electron chi connectivity index (χ2n) is 9.48. The standard InChI is InChI=1S/C25H34N4O3/c1-32-21-8-10-28(11-9-21)25(31)23-17-19-16-18(6-7-22(19)26-23)24(30)29-14-12-27(13-15-29)20-4-2-3-5-20/h6-7,16-17,20-21,26H,2-5,8-15H2,1H3. The number of rotatable bonds is 4. The van der Waals surface area contributed by atoms with Gasteiger partial charge in [-0.1, -0.05) is 12.8 Å². The average molecular weight is 439 g/mol. The fourth-order valence-corrected chi connectivity index (χ4v) is 5.59. The number of methoxy groups -OCH3 is 1. The van der Waals surface area contributed by atoms with E-state index < -0.39 is 0 Å². The molecule has 3 heterocycles. The van der Waals surface area contributed by atoms with Crippen molar-refractivity contribution in [2.75, 3.05) is 46.4 Å². The van der Waals surface area contributed by atoms with Gasteiger partial charge in [0.05, 0.1) is 6.10 Å². The predicted octanol–water partition coefficient (Wildman–Crippen LogP) is 3.12. The van der Waals surface area contributed by atoms with Crippen molar-refractivity contribution >= 4 is 22.7 Å². The van der Waals surface area contributed by atoms with Crippen molar-refractivity contribution in [1.82, 2.24) is 19.7 Å². The summed E-state index contributed by atoms with van der Waals surface area (Å²) in [5.74, 6) is 0.111. The maximum Gasteiger partial charge on any atom is 0.270 e. The van der Waals surface area contributed by atoms with E-state index in [2.05, 4.69) is 9.88 Å². The summed E-state index contributed by atoms with van der Waals surface area (Å²) in [5, 5.41) is 0.913. The van der Waals surface area contributed by atoms with Crippen LogP contribution >= 0.6 is 0 Å². The topological polar surface area (TPSA) is 68.9 Å². The smallest absolute Gasteiger partial charge is 0.270 e. The molecule has 0 bridgehead atoms. The molecule has 3 aliphatic rings. The normalized spacial score (nSPS) is 21.5. The van der Waals surface area contributed by atoms with E-state index in [0.717, 1.165) is 56.0 Å². The van der Waals surface area contributed by atoms with Crippen molar-refractivity contribution in [2.24, 2.45) is 0 Å². The van der Waals surface area contributed by atoms with Crippen LogP contribution in [0.5, 0.6) is 0 Å². The first-order chi connectivity index (χ1) is 15.6. The largest absolute Gasteiger partial charge is 0.381 e. The Hall–Kier alpha value is -2.38. The monoisotopic (exact) mass is 438 g/mol. The van der Waals surface area contributed by atoms with Crippen LogP contribution in [0.3, 0.4) is 0 Å². The first-order valence-electron chi connectivity index (χ1n) is 12.1. The van der Waals surface area contributed by atoms with Crippen molar-refractivity contribution in [3.05, 3.63) is 35.5 Å². The highest BCUT2D eigenvalue weighted by Crippen LogP contribution is 2.25. The van der Waals surface area contributed by atoms with Gasteiger partial charge in [-0.3, -0.25) is 14.5 Å². The number of aromatic nitrogens is 1. The number of ether oxygens (including phenoxy) is 1. The second-order valence-corrected chi connectivity index (χ2v) is 9.48. The lowest BCUT2D eigenvalue weighted by Crippen LogP contribution is -2.51. The number of carbonyl (C=O) groups is 2. The Kier molecular flexibility index (Phi) is 6.20. The third-order valence-corrected chi connectivity index (χ3v) is 7.60. The molecule has 5 rings (SSSR count). The van der Waals surface area contributed by atoms with Gasteiger partial charge in [0.15, 0.2) is 0 Å². The number of benzene rings is 1. The van der Waals surface area contributed by atoms with Gasteiger partial charge in [0.25, 0.3) is 11.8 Å². The number of nitrogens with zero attached hydrogens (tertiary/aromatic N) is 3. The summed E-state index contributed by atoms with van der Waals surface area (Å²) in [5.41, 5.74) is 2.18. The van der Waals surface area contributed by atoms with Gasteiger partial charge in [-0.05, 0) is 49.9 Å². The summed E-state index contributed by atoms with van der Waals surface area (Å²) < 4.78 is 5.41. The molecule has 1 saturated carbocycles. The number of likely N-dealkylation sites (tertiary alicyclic amines) is 1. The molecule has 2 aliphatic heterocycles. The Morgan fingerprint density at radius 3 is 2.25 bits per heavy atom. The summed E-state index contributed by atoms with van der Waals surface area (Å²) in [6.45, 7) is 4.96. The molecular formula is C25H34N4O3. The molecule has 0 radical (unpaired) electrons. The lowest BCUT2D eigenvalue weighted by Gasteiger charge is -2.38. The van der Waals surface area contributed by atoms with Crippen LogP contribution in [0, 0.1) is 0 Å². The number of hydrogen-bond donors (Lipinski definition) is 1. The third kappa shape index (κ3) is 4.28. The van der Waals surface area contributed by atoms with E-state index in [1.165, 1.54) is 25.7 Å². The van der Waals surface area contributed by atoms with Crippen LogP contribution < -0.4 is 0 Å². The molecule has 0 spiro atoms. The molecule has 172 valence electrons. The second kappa shape index (κ2) is 9.24. The summed E-state index contributed by atoms with van der Waals surface area (Å²) in [4.78, 5) is 35.8. The highest BCUT2D eigenvalue weighted by Gasteiger charge is 2.29. The number of H-pyrrole nitrogens is 1. The number of carbonyl (C=O) groups excluding carboxylic acids is 2. The van der Waals surface area contributed by atoms with Crippen LogP contribution in [0.4, 0.5) is 0 Å². The van der Waals surface area contributed by atoms with Gasteiger partial charge in [0.1, 0.15) is 5.69 Å². The zero-order chi connectivity index (χ0) is 22.1. The van der Waals surface area contributed by atoms with Gasteiger partial charge in [-0.2, -0.15) is 0 Å². The Balaban J connectivity index is 1.24. The molecular weight excluding hydrogens is 404 g/mol. The van der Waals surface area contributed by atoms with E-state index in [4.69, 9.17) is 4.74 Å². The van der Waals surface area contributed by atoms with E-state index in [9.17, 15) is 9.59 Å². The van der Waals surface area contributed by atoms with Gasteiger partial charge in [-0.15, -0.1) is 0 Å². The molecule has 7 nitrogen and oxygen atoms in total. The molecule has 2 amide bonds. The van der Waals surface area contributed by atoms with Crippen LogP contribution in [-0.4, -0.2) is 90.0 Å². The van der Waals surface area contributed by atoms with Gasteiger partial charge in [0.2, 0.25) is 0 Å². The predicted molar refractivity (Wildman–Crippen MR) is 124 cm³/mol. The summed E-state index contributed by atoms with van der Waals surface area (Å²) >= 11 is 0. The number of fused-ring (bicyclic) bond motifs is 1. The van der Waals surface area contributed by atoms with Crippen molar-refractivity contribution in [1.29, 1.82) is 0 Å². The first-order valence-corrected chi connectivity index (χ1v) is 12.1. The van der Waals surface area contributed by atoms with E-state index >= 15 is 0 Å².